The molecule has 0 bridgehead atoms. The SMILES string of the molecule is CNCC[C@H](Oc1ccc(CN2CCN(C)c3ccncc3C2=O)cc1)c1ccccc1. The molecule has 0 saturated carbocycles. The summed E-state index contributed by atoms with van der Waals surface area (Å²) in [4.78, 5) is 21.2. The summed E-state index contributed by atoms with van der Waals surface area (Å²) in [6, 6.07) is 20.3. The van der Waals surface area contributed by atoms with Crippen LogP contribution in [0.25, 0.3) is 0 Å². The molecule has 6 nitrogen and oxygen atoms in total. The number of hydrogen-bond donors (Lipinski definition) is 1. The molecule has 2 heterocycles. The molecule has 0 radical (unpaired) electrons. The van der Waals surface area contributed by atoms with Crippen LogP contribution >= 0.6 is 0 Å². The summed E-state index contributed by atoms with van der Waals surface area (Å²) in [6.07, 6.45) is 4.27. The van der Waals surface area contributed by atoms with Crippen molar-refractivity contribution in [1.82, 2.24) is 15.2 Å². The molecule has 0 aliphatic carbocycles. The van der Waals surface area contributed by atoms with Crippen molar-refractivity contribution in [1.29, 1.82) is 0 Å². The van der Waals surface area contributed by atoms with E-state index in [1.165, 1.54) is 5.56 Å². The molecule has 0 unspecified atom stereocenters. The molecule has 0 saturated heterocycles. The highest BCUT2D eigenvalue weighted by Crippen LogP contribution is 2.27. The first-order chi connectivity index (χ1) is 15.7. The molecule has 1 atom stereocenters. The van der Waals surface area contributed by atoms with Crippen LogP contribution in [0.4, 0.5) is 5.69 Å². The number of anilines is 1. The molecular formula is C26H30N4O2. The number of amides is 1. The maximum absolute atomic E-state index is 13.1. The first-order valence-electron chi connectivity index (χ1n) is 11.1. The van der Waals surface area contributed by atoms with E-state index in [9.17, 15) is 4.79 Å². The Bertz CT molecular complexity index is 1020. The van der Waals surface area contributed by atoms with Crippen LogP contribution in [0.5, 0.6) is 5.75 Å². The van der Waals surface area contributed by atoms with E-state index in [2.05, 4.69) is 27.3 Å². The van der Waals surface area contributed by atoms with Crippen molar-refractivity contribution < 1.29 is 9.53 Å². The summed E-state index contributed by atoms with van der Waals surface area (Å²) < 4.78 is 6.31. The largest absolute Gasteiger partial charge is 0.486 e. The quantitative estimate of drug-likeness (QED) is 0.587. The summed E-state index contributed by atoms with van der Waals surface area (Å²) in [5, 5.41) is 3.20. The van der Waals surface area contributed by atoms with Gasteiger partial charge in [0.15, 0.2) is 0 Å². The summed E-state index contributed by atoms with van der Waals surface area (Å²) in [5.74, 6) is 0.851. The van der Waals surface area contributed by atoms with E-state index in [0.29, 0.717) is 18.7 Å². The number of benzene rings is 2. The molecule has 166 valence electrons. The predicted molar refractivity (Wildman–Crippen MR) is 127 cm³/mol. The number of fused-ring (bicyclic) bond motifs is 1. The van der Waals surface area contributed by atoms with Crippen LogP contribution in [0.1, 0.15) is 34.0 Å². The Morgan fingerprint density at radius 3 is 2.59 bits per heavy atom. The molecule has 0 spiro atoms. The lowest BCUT2D eigenvalue weighted by Gasteiger charge is -2.22. The minimum absolute atomic E-state index is 0.0128. The Kier molecular flexibility index (Phi) is 7.02. The van der Waals surface area contributed by atoms with Gasteiger partial charge in [-0.3, -0.25) is 9.78 Å². The van der Waals surface area contributed by atoms with Crippen molar-refractivity contribution >= 4 is 11.6 Å². The molecule has 1 aliphatic rings. The van der Waals surface area contributed by atoms with Gasteiger partial charge >= 0.3 is 0 Å². The number of nitrogens with one attached hydrogen (secondary N) is 1. The summed E-state index contributed by atoms with van der Waals surface area (Å²) in [5.41, 5.74) is 3.83. The smallest absolute Gasteiger partial charge is 0.257 e. The van der Waals surface area contributed by atoms with Gasteiger partial charge in [0.05, 0.1) is 11.3 Å². The average Bonchev–Trinajstić information content (AvgIpc) is 2.96. The van der Waals surface area contributed by atoms with Crippen molar-refractivity contribution in [2.75, 3.05) is 38.6 Å². The Labute approximate surface area is 189 Å². The van der Waals surface area contributed by atoms with Crippen molar-refractivity contribution in [3.05, 3.63) is 89.7 Å². The van der Waals surface area contributed by atoms with Gasteiger partial charge in [-0.2, -0.15) is 0 Å². The van der Waals surface area contributed by atoms with E-state index in [4.69, 9.17) is 4.74 Å². The molecule has 3 aromatic rings. The van der Waals surface area contributed by atoms with Crippen LogP contribution < -0.4 is 15.0 Å². The molecule has 4 rings (SSSR count). The summed E-state index contributed by atoms with van der Waals surface area (Å²) >= 11 is 0. The fourth-order valence-corrected chi connectivity index (χ4v) is 3.99. The number of rotatable bonds is 8. The third kappa shape index (κ3) is 5.08. The number of hydrogen-bond acceptors (Lipinski definition) is 5. The zero-order valence-electron chi connectivity index (χ0n) is 18.7. The van der Waals surface area contributed by atoms with Crippen LogP contribution in [-0.2, 0) is 6.54 Å². The molecule has 1 N–H and O–H groups in total. The van der Waals surface area contributed by atoms with Gasteiger partial charge in [0.2, 0.25) is 0 Å². The molecule has 1 aromatic heterocycles. The lowest BCUT2D eigenvalue weighted by molar-refractivity contribution is 0.0754. The van der Waals surface area contributed by atoms with Crippen molar-refractivity contribution in [3.8, 4) is 5.75 Å². The van der Waals surface area contributed by atoms with E-state index >= 15 is 0 Å². The van der Waals surface area contributed by atoms with E-state index < -0.39 is 0 Å². The van der Waals surface area contributed by atoms with Crippen molar-refractivity contribution in [2.45, 2.75) is 19.1 Å². The maximum atomic E-state index is 13.1. The van der Waals surface area contributed by atoms with E-state index in [1.54, 1.807) is 12.4 Å². The van der Waals surface area contributed by atoms with Gasteiger partial charge in [-0.1, -0.05) is 42.5 Å². The van der Waals surface area contributed by atoms with Crippen molar-refractivity contribution in [3.63, 3.8) is 0 Å². The van der Waals surface area contributed by atoms with Gasteiger partial charge in [0.25, 0.3) is 5.91 Å². The third-order valence-corrected chi connectivity index (χ3v) is 5.84. The van der Waals surface area contributed by atoms with Crippen LogP contribution in [0.3, 0.4) is 0 Å². The lowest BCUT2D eigenvalue weighted by Crippen LogP contribution is -2.33. The molecule has 2 aromatic carbocycles. The van der Waals surface area contributed by atoms with Crippen LogP contribution in [0.2, 0.25) is 0 Å². The molecule has 0 fully saturated rings. The zero-order valence-corrected chi connectivity index (χ0v) is 18.7. The van der Waals surface area contributed by atoms with Crippen LogP contribution in [-0.4, -0.2) is 49.5 Å². The van der Waals surface area contributed by atoms with Gasteiger partial charge < -0.3 is 19.9 Å². The fourth-order valence-electron chi connectivity index (χ4n) is 3.99. The number of likely N-dealkylation sites (N-methyl/N-ethyl adjacent to an activating group) is 1. The monoisotopic (exact) mass is 430 g/mol. The van der Waals surface area contributed by atoms with Gasteiger partial charge in [-0.15, -0.1) is 0 Å². The van der Waals surface area contributed by atoms with E-state index in [0.717, 1.165) is 36.5 Å². The minimum atomic E-state index is -0.0128. The number of carbonyl (C=O) groups excluding carboxylic acids is 1. The first-order valence-corrected chi connectivity index (χ1v) is 11.1. The standard InChI is InChI=1S/C26H30N4O2/c1-27-14-13-25(21-6-4-3-5-7-21)32-22-10-8-20(9-11-22)19-30-17-16-29(2)24-12-15-28-18-23(24)26(30)31/h3-12,15,18,25,27H,13-14,16-17,19H2,1-2H3/t25-/m0/s1. The highest BCUT2D eigenvalue weighted by molar-refractivity contribution is 6.00. The molecule has 1 aliphatic heterocycles. The second-order valence-corrected chi connectivity index (χ2v) is 8.09. The Morgan fingerprint density at radius 1 is 1.06 bits per heavy atom. The van der Waals surface area contributed by atoms with Gasteiger partial charge in [-0.25, -0.2) is 0 Å². The Morgan fingerprint density at radius 2 is 1.84 bits per heavy atom. The Hall–Kier alpha value is -3.38. The molecule has 32 heavy (non-hydrogen) atoms. The average molecular weight is 431 g/mol. The zero-order chi connectivity index (χ0) is 22.3. The number of ether oxygens (including phenoxy) is 1. The number of nitrogens with zero attached hydrogens (tertiary/aromatic N) is 3. The molecule has 6 heteroatoms. The predicted octanol–water partition coefficient (Wildman–Crippen LogP) is 3.90. The third-order valence-electron chi connectivity index (χ3n) is 5.84. The number of aromatic nitrogens is 1. The normalized spacial score (nSPS) is 14.6. The van der Waals surface area contributed by atoms with Gasteiger partial charge in [-0.05, 0) is 42.9 Å². The highest BCUT2D eigenvalue weighted by Gasteiger charge is 2.25. The van der Waals surface area contributed by atoms with Crippen molar-refractivity contribution in [2.24, 2.45) is 0 Å². The van der Waals surface area contributed by atoms with E-state index in [1.807, 2.05) is 67.5 Å². The second kappa shape index (κ2) is 10.3. The molecular weight excluding hydrogens is 400 g/mol. The van der Waals surface area contributed by atoms with Crippen LogP contribution in [0, 0.1) is 0 Å². The number of carbonyl (C=O) groups is 1. The fraction of sp³-hybridized carbons (Fsp3) is 0.308. The number of pyridine rings is 1. The van der Waals surface area contributed by atoms with Gasteiger partial charge in [0.1, 0.15) is 11.9 Å². The summed E-state index contributed by atoms with van der Waals surface area (Å²) in [7, 11) is 3.96. The second-order valence-electron chi connectivity index (χ2n) is 8.09. The Balaban J connectivity index is 1.45. The van der Waals surface area contributed by atoms with Crippen LogP contribution in [0.15, 0.2) is 73.1 Å². The summed E-state index contributed by atoms with van der Waals surface area (Å²) in [6.45, 7) is 2.89. The first kappa shape index (κ1) is 21.8. The lowest BCUT2D eigenvalue weighted by atomic mass is 10.1. The maximum Gasteiger partial charge on any atom is 0.257 e. The van der Waals surface area contributed by atoms with E-state index in [-0.39, 0.29) is 12.0 Å². The van der Waals surface area contributed by atoms with Gasteiger partial charge in [0, 0.05) is 45.5 Å². The topological polar surface area (TPSA) is 57.7 Å². The molecule has 1 amide bonds. The minimum Gasteiger partial charge on any atom is -0.486 e. The highest BCUT2D eigenvalue weighted by atomic mass is 16.5.